The Morgan fingerprint density at radius 2 is 1.32 bits per heavy atom. The fourth-order valence-corrected chi connectivity index (χ4v) is 1.45. The summed E-state index contributed by atoms with van der Waals surface area (Å²) in [6.07, 6.45) is 1.22. The van der Waals surface area contributed by atoms with Gasteiger partial charge in [-0.15, -0.1) is 0 Å². The van der Waals surface area contributed by atoms with Gasteiger partial charge in [-0.1, -0.05) is 11.7 Å². The SMILES string of the molecule is C=CC(=O)NCCOCCOCCOCCOCCOCCN=[N+]=[N-]. The summed E-state index contributed by atoms with van der Waals surface area (Å²) in [6, 6.07) is 0. The predicted molar refractivity (Wildman–Crippen MR) is 91.3 cm³/mol. The van der Waals surface area contributed by atoms with Crippen LogP contribution in [0.4, 0.5) is 0 Å². The van der Waals surface area contributed by atoms with Crippen molar-refractivity contribution in [3.8, 4) is 0 Å². The molecule has 0 radical (unpaired) electrons. The van der Waals surface area contributed by atoms with E-state index in [1.165, 1.54) is 6.08 Å². The van der Waals surface area contributed by atoms with Gasteiger partial charge in [-0.05, 0) is 11.6 Å². The Labute approximate surface area is 148 Å². The van der Waals surface area contributed by atoms with Gasteiger partial charge >= 0.3 is 0 Å². The molecule has 0 spiro atoms. The molecule has 0 aromatic carbocycles. The first-order valence-electron chi connectivity index (χ1n) is 8.11. The molecule has 0 aliphatic rings. The first-order chi connectivity index (χ1) is 12.3. The van der Waals surface area contributed by atoms with Crippen molar-refractivity contribution in [1.82, 2.24) is 5.32 Å². The Morgan fingerprint density at radius 1 is 0.880 bits per heavy atom. The Hall–Kier alpha value is -1.68. The number of ether oxygens (including phenoxy) is 5. The van der Waals surface area contributed by atoms with Crippen molar-refractivity contribution in [2.45, 2.75) is 0 Å². The van der Waals surface area contributed by atoms with Gasteiger partial charge in [-0.3, -0.25) is 4.79 Å². The van der Waals surface area contributed by atoms with Gasteiger partial charge < -0.3 is 29.0 Å². The Morgan fingerprint density at radius 3 is 1.76 bits per heavy atom. The van der Waals surface area contributed by atoms with E-state index in [-0.39, 0.29) is 5.91 Å². The number of hydrogen-bond acceptors (Lipinski definition) is 7. The highest BCUT2D eigenvalue weighted by Gasteiger charge is 1.94. The second-order valence-electron chi connectivity index (χ2n) is 4.51. The van der Waals surface area contributed by atoms with Gasteiger partial charge in [0.05, 0.1) is 66.1 Å². The Kier molecular flexibility index (Phi) is 19.0. The number of carbonyl (C=O) groups excluding carboxylic acids is 1. The summed E-state index contributed by atoms with van der Waals surface area (Å²) in [5.41, 5.74) is 8.06. The van der Waals surface area contributed by atoms with E-state index in [0.717, 1.165) is 0 Å². The van der Waals surface area contributed by atoms with Gasteiger partial charge in [-0.2, -0.15) is 0 Å². The third-order valence-corrected chi connectivity index (χ3v) is 2.62. The second kappa shape index (κ2) is 20.4. The molecular formula is C15H28N4O6. The molecule has 0 heterocycles. The van der Waals surface area contributed by atoms with E-state index in [1.54, 1.807) is 0 Å². The van der Waals surface area contributed by atoms with Crippen LogP contribution < -0.4 is 5.32 Å². The number of nitrogens with zero attached hydrogens (tertiary/aromatic N) is 3. The van der Waals surface area contributed by atoms with Gasteiger partial charge in [0.2, 0.25) is 5.91 Å². The van der Waals surface area contributed by atoms with E-state index in [9.17, 15) is 4.79 Å². The molecule has 0 aliphatic carbocycles. The van der Waals surface area contributed by atoms with Crippen LogP contribution in [0.15, 0.2) is 17.8 Å². The topological polar surface area (TPSA) is 124 Å². The number of carbonyl (C=O) groups is 1. The summed E-state index contributed by atoms with van der Waals surface area (Å²) < 4.78 is 26.4. The number of nitrogens with one attached hydrogen (secondary N) is 1. The molecule has 0 saturated carbocycles. The lowest BCUT2D eigenvalue weighted by Gasteiger charge is -2.08. The molecule has 144 valence electrons. The summed E-state index contributed by atoms with van der Waals surface area (Å²) in [6.45, 7) is 8.78. The van der Waals surface area contributed by atoms with Gasteiger partial charge in [0, 0.05) is 18.0 Å². The first-order valence-corrected chi connectivity index (χ1v) is 8.11. The third-order valence-electron chi connectivity index (χ3n) is 2.62. The molecule has 1 amide bonds. The van der Waals surface area contributed by atoms with E-state index >= 15 is 0 Å². The van der Waals surface area contributed by atoms with Crippen molar-refractivity contribution in [2.75, 3.05) is 79.2 Å². The number of hydrogen-bond donors (Lipinski definition) is 1. The second-order valence-corrected chi connectivity index (χ2v) is 4.51. The maximum Gasteiger partial charge on any atom is 0.243 e. The van der Waals surface area contributed by atoms with E-state index in [2.05, 4.69) is 21.9 Å². The van der Waals surface area contributed by atoms with Crippen molar-refractivity contribution >= 4 is 5.91 Å². The Bertz CT molecular complexity index is 377. The van der Waals surface area contributed by atoms with Crippen LogP contribution in [-0.2, 0) is 28.5 Å². The first kappa shape index (κ1) is 23.3. The largest absolute Gasteiger partial charge is 0.379 e. The van der Waals surface area contributed by atoms with Crippen LogP contribution in [0.3, 0.4) is 0 Å². The molecule has 1 N–H and O–H groups in total. The molecule has 0 atom stereocenters. The zero-order valence-electron chi connectivity index (χ0n) is 14.6. The van der Waals surface area contributed by atoms with Crippen LogP contribution in [0.2, 0.25) is 0 Å². The highest BCUT2D eigenvalue weighted by molar-refractivity contribution is 5.86. The summed E-state index contributed by atoms with van der Waals surface area (Å²) in [7, 11) is 0. The van der Waals surface area contributed by atoms with E-state index in [4.69, 9.17) is 29.2 Å². The molecule has 0 unspecified atom stereocenters. The van der Waals surface area contributed by atoms with E-state index in [1.807, 2.05) is 0 Å². The van der Waals surface area contributed by atoms with Crippen molar-refractivity contribution in [1.29, 1.82) is 0 Å². The van der Waals surface area contributed by atoms with Crippen LogP contribution in [0.1, 0.15) is 0 Å². The smallest absolute Gasteiger partial charge is 0.243 e. The van der Waals surface area contributed by atoms with Gasteiger partial charge in [0.1, 0.15) is 0 Å². The van der Waals surface area contributed by atoms with Crippen molar-refractivity contribution in [3.05, 3.63) is 23.1 Å². The standard InChI is InChI=1S/C15H28N4O6/c1-2-15(20)17-3-5-21-7-9-23-11-13-25-14-12-24-10-8-22-6-4-18-19-16/h2H,1,3-14H2,(H,17,20). The number of amides is 1. The minimum Gasteiger partial charge on any atom is -0.379 e. The zero-order valence-corrected chi connectivity index (χ0v) is 14.6. The molecule has 0 bridgehead atoms. The summed E-state index contributed by atoms with van der Waals surface area (Å²) in [5, 5.41) is 5.95. The van der Waals surface area contributed by atoms with Gasteiger partial charge in [0.25, 0.3) is 0 Å². The summed E-state index contributed by atoms with van der Waals surface area (Å²) in [4.78, 5) is 13.5. The highest BCUT2D eigenvalue weighted by Crippen LogP contribution is 1.84. The van der Waals surface area contributed by atoms with Gasteiger partial charge in [-0.25, -0.2) is 0 Å². The van der Waals surface area contributed by atoms with Crippen LogP contribution >= 0.6 is 0 Å². The molecule has 10 heteroatoms. The molecule has 0 saturated heterocycles. The van der Waals surface area contributed by atoms with Crippen LogP contribution in [0, 0.1) is 0 Å². The van der Waals surface area contributed by atoms with Crippen LogP contribution in [-0.4, -0.2) is 85.1 Å². The van der Waals surface area contributed by atoms with Gasteiger partial charge in [0.15, 0.2) is 0 Å². The third kappa shape index (κ3) is 20.3. The molecule has 0 rings (SSSR count). The Balaban J connectivity index is 3.03. The van der Waals surface area contributed by atoms with Crippen molar-refractivity contribution in [3.63, 3.8) is 0 Å². The molecule has 0 fully saturated rings. The van der Waals surface area contributed by atoms with Crippen molar-refractivity contribution in [2.24, 2.45) is 5.11 Å². The summed E-state index contributed by atoms with van der Waals surface area (Å²) >= 11 is 0. The molecular weight excluding hydrogens is 332 g/mol. The van der Waals surface area contributed by atoms with Crippen LogP contribution in [0.5, 0.6) is 0 Å². The fourth-order valence-electron chi connectivity index (χ4n) is 1.45. The molecule has 0 aromatic heterocycles. The predicted octanol–water partition coefficient (Wildman–Crippen LogP) is 0.682. The number of azide groups is 1. The average molecular weight is 360 g/mol. The molecule has 0 aromatic rings. The monoisotopic (exact) mass is 360 g/mol. The summed E-state index contributed by atoms with van der Waals surface area (Å²) in [5.74, 6) is -0.209. The lowest BCUT2D eigenvalue weighted by atomic mass is 10.5. The quantitative estimate of drug-likeness (QED) is 0.119. The average Bonchev–Trinajstić information content (AvgIpc) is 2.63. The molecule has 25 heavy (non-hydrogen) atoms. The maximum absolute atomic E-state index is 10.8. The normalized spacial score (nSPS) is 10.2. The van der Waals surface area contributed by atoms with E-state index in [0.29, 0.717) is 79.2 Å². The molecule has 10 nitrogen and oxygen atoms in total. The van der Waals surface area contributed by atoms with Crippen molar-refractivity contribution < 1.29 is 28.5 Å². The fraction of sp³-hybridized carbons (Fsp3) is 0.800. The minimum atomic E-state index is -0.209. The van der Waals surface area contributed by atoms with E-state index < -0.39 is 0 Å². The zero-order chi connectivity index (χ0) is 18.4. The maximum atomic E-state index is 10.8. The number of rotatable bonds is 19. The lowest BCUT2D eigenvalue weighted by Crippen LogP contribution is -2.25. The van der Waals surface area contributed by atoms with Crippen LogP contribution in [0.25, 0.3) is 10.4 Å². The minimum absolute atomic E-state index is 0.209. The molecule has 0 aliphatic heterocycles. The highest BCUT2D eigenvalue weighted by atomic mass is 16.6. The lowest BCUT2D eigenvalue weighted by molar-refractivity contribution is -0.116.